The molecule has 0 bridgehead atoms. The summed E-state index contributed by atoms with van der Waals surface area (Å²) in [5.41, 5.74) is 40.5. The zero-order valence-electron chi connectivity index (χ0n) is 73.9. The zero-order chi connectivity index (χ0) is 86.1. The monoisotopic (exact) mass is 1620 g/mol. The Hall–Kier alpha value is -14.3. The normalized spacial score (nSPS) is 13.1. The maximum atomic E-state index is 2.76. The second-order valence-electron chi connectivity index (χ2n) is 38.5. The van der Waals surface area contributed by atoms with Gasteiger partial charge in [-0.1, -0.05) is 368 Å². The van der Waals surface area contributed by atoms with Gasteiger partial charge in [-0.05, 0) is 214 Å². The van der Waals surface area contributed by atoms with Gasteiger partial charge in [0, 0.05) is 96.2 Å². The summed E-state index contributed by atoms with van der Waals surface area (Å²) < 4.78 is 0. The SMILES string of the molecule is CC(C)(C)c1ccc(-c2ccccc2N(c2ccccc2)c2cc3c4c(c2)N(c2c(-c5ccc(C(C)(C)C)cc5)cccc2-c2ccc(C(C)(C)C)cc2)c2cc5c(cc2B4c2ccccc2N3c2ccccc2-c2ccc(C(C)(C)C)cc2)B2c3ccccc3N(c3ccccc3)c3cc(N(c4ccccc4)c4ccccc4)cc(c32)N5c2ccccc2)cc1. The average Bonchev–Trinajstić information content (AvgIpc) is 0.677. The standard InChI is InChI=1S/C118H102B2N6/c1-115(2,3)83-65-57-79(58-66-83)94-47-28-32-53-102(94)122(89-41-22-15-23-42-89)93-75-110-113-111(76-93)126(114-96(81-61-69-85(70-62-81)117(7,8)9)49-36-50-97(114)82-63-71-86(72-64-82)118(10,11)12)107-78-106-100(77-101(107)120(113)99-52-31-35-56-105(99)125(110)103-54-33-29-48-95(103)80-59-67-84(68-60-80)116(4,5)6)119-98-51-30-34-55-104(98)123(90-43-24-16-25-44-90)108-73-92(74-109(112(108)119)124(106)91-45-26-17-27-46-91)121(87-37-18-13-19-38-87)88-39-20-14-21-40-88/h13-78H,1-12H3. The van der Waals surface area contributed by atoms with Crippen LogP contribution in [0.2, 0.25) is 0 Å². The van der Waals surface area contributed by atoms with Gasteiger partial charge in [-0.15, -0.1) is 0 Å². The second kappa shape index (κ2) is 30.9. The number of para-hydroxylation sites is 10. The van der Waals surface area contributed by atoms with Gasteiger partial charge in [-0.3, -0.25) is 0 Å². The zero-order valence-corrected chi connectivity index (χ0v) is 73.9. The van der Waals surface area contributed by atoms with Gasteiger partial charge in [-0.25, -0.2) is 0 Å². The highest BCUT2D eigenvalue weighted by atomic mass is 15.2. The third kappa shape index (κ3) is 13.7. The molecule has 0 amide bonds. The summed E-state index contributed by atoms with van der Waals surface area (Å²) in [6, 6.07) is 152. The third-order valence-electron chi connectivity index (χ3n) is 26.4. The summed E-state index contributed by atoms with van der Waals surface area (Å²) in [4.78, 5) is 15.6. The van der Waals surface area contributed by atoms with Crippen LogP contribution in [0.4, 0.5) is 102 Å². The number of hydrogen-bond donors (Lipinski definition) is 0. The highest BCUT2D eigenvalue weighted by molar-refractivity contribution is 7.03. The maximum absolute atomic E-state index is 2.76. The van der Waals surface area contributed by atoms with Crippen molar-refractivity contribution in [2.24, 2.45) is 0 Å². The van der Waals surface area contributed by atoms with Crippen molar-refractivity contribution in [3.8, 4) is 44.5 Å². The molecule has 0 aliphatic carbocycles. The minimum atomic E-state index is -0.337. The largest absolute Gasteiger partial charge is 0.311 e. The topological polar surface area (TPSA) is 19.4 Å². The van der Waals surface area contributed by atoms with E-state index in [1.807, 2.05) is 0 Å². The first-order valence-corrected chi connectivity index (χ1v) is 44.6. The Morgan fingerprint density at radius 2 is 0.500 bits per heavy atom. The van der Waals surface area contributed by atoms with Crippen LogP contribution in [0.25, 0.3) is 44.5 Å². The van der Waals surface area contributed by atoms with Crippen LogP contribution in [0.15, 0.2) is 400 Å². The summed E-state index contributed by atoms with van der Waals surface area (Å²) >= 11 is 0. The first-order chi connectivity index (χ1) is 61.1. The van der Waals surface area contributed by atoms with Crippen LogP contribution in [0.3, 0.4) is 0 Å². The van der Waals surface area contributed by atoms with E-state index in [0.29, 0.717) is 0 Å². The molecule has 17 aromatic rings. The van der Waals surface area contributed by atoms with E-state index in [9.17, 15) is 0 Å². The fraction of sp³-hybridized carbons (Fsp3) is 0.136. The highest BCUT2D eigenvalue weighted by Gasteiger charge is 2.50. The van der Waals surface area contributed by atoms with E-state index in [1.54, 1.807) is 0 Å². The predicted molar refractivity (Wildman–Crippen MR) is 540 cm³/mol. The van der Waals surface area contributed by atoms with E-state index in [2.05, 4.69) is 513 Å². The minimum Gasteiger partial charge on any atom is -0.311 e. The molecule has 0 unspecified atom stereocenters. The number of nitrogens with zero attached hydrogens (tertiary/aromatic N) is 6. The number of anilines is 18. The Morgan fingerprint density at radius 1 is 0.198 bits per heavy atom. The van der Waals surface area contributed by atoms with Crippen LogP contribution >= 0.6 is 0 Å². The van der Waals surface area contributed by atoms with Crippen LogP contribution in [-0.4, -0.2) is 13.4 Å². The van der Waals surface area contributed by atoms with Crippen molar-refractivity contribution < 1.29 is 0 Å². The lowest BCUT2D eigenvalue weighted by Gasteiger charge is -2.48. The minimum absolute atomic E-state index is 0.0420. The molecule has 0 radical (unpaired) electrons. The summed E-state index contributed by atoms with van der Waals surface area (Å²) in [5.74, 6) is 0. The summed E-state index contributed by atoms with van der Waals surface area (Å²) in [5, 5.41) is 0. The molecule has 0 N–H and O–H groups in total. The molecule has 0 saturated heterocycles. The molecule has 610 valence electrons. The van der Waals surface area contributed by atoms with E-state index in [1.165, 1.54) is 55.0 Å². The Balaban J connectivity index is 0.934. The molecule has 0 spiro atoms. The molecule has 0 aromatic heterocycles. The van der Waals surface area contributed by atoms with Gasteiger partial charge in [0.1, 0.15) is 0 Å². The first-order valence-electron chi connectivity index (χ1n) is 44.6. The van der Waals surface area contributed by atoms with Gasteiger partial charge < -0.3 is 29.4 Å². The quantitative estimate of drug-likeness (QED) is 0.100. The molecule has 8 heteroatoms. The van der Waals surface area contributed by atoms with Crippen LogP contribution in [0, 0.1) is 0 Å². The molecule has 4 heterocycles. The first kappa shape index (κ1) is 78.9. The number of benzene rings is 17. The van der Waals surface area contributed by atoms with Crippen molar-refractivity contribution in [2.75, 3.05) is 29.4 Å². The van der Waals surface area contributed by atoms with Crippen LogP contribution in [0.5, 0.6) is 0 Å². The van der Waals surface area contributed by atoms with Gasteiger partial charge in [0.05, 0.1) is 28.4 Å². The second-order valence-corrected chi connectivity index (χ2v) is 38.5. The van der Waals surface area contributed by atoms with Gasteiger partial charge in [0.25, 0.3) is 13.4 Å². The van der Waals surface area contributed by atoms with E-state index < -0.39 is 0 Å². The van der Waals surface area contributed by atoms with E-state index in [0.717, 1.165) is 147 Å². The van der Waals surface area contributed by atoms with Gasteiger partial charge in [0.2, 0.25) is 0 Å². The molecule has 126 heavy (non-hydrogen) atoms. The Morgan fingerprint density at radius 3 is 0.929 bits per heavy atom. The van der Waals surface area contributed by atoms with Crippen molar-refractivity contribution >= 4 is 149 Å². The Kier molecular flexibility index (Phi) is 19.3. The molecule has 17 aromatic carbocycles. The van der Waals surface area contributed by atoms with E-state index >= 15 is 0 Å². The molecular weight excluding hydrogens is 1520 g/mol. The number of hydrogen-bond acceptors (Lipinski definition) is 6. The molecule has 0 fully saturated rings. The number of fused-ring (bicyclic) bond motifs is 8. The van der Waals surface area contributed by atoms with Crippen molar-refractivity contribution in [3.05, 3.63) is 423 Å². The van der Waals surface area contributed by atoms with Crippen molar-refractivity contribution in [3.63, 3.8) is 0 Å². The van der Waals surface area contributed by atoms with Gasteiger partial charge in [-0.2, -0.15) is 0 Å². The third-order valence-corrected chi connectivity index (χ3v) is 26.4. The Bertz CT molecular complexity index is 6870. The summed E-state index contributed by atoms with van der Waals surface area (Å²) in [6.45, 7) is 27.2. The van der Waals surface area contributed by atoms with E-state index in [4.69, 9.17) is 0 Å². The lowest BCUT2D eigenvalue weighted by molar-refractivity contribution is 0.590. The summed E-state index contributed by atoms with van der Waals surface area (Å²) in [7, 11) is 0. The fourth-order valence-electron chi connectivity index (χ4n) is 20.1. The highest BCUT2D eigenvalue weighted by Crippen LogP contribution is 2.57. The maximum Gasteiger partial charge on any atom is 0.252 e. The van der Waals surface area contributed by atoms with Crippen LogP contribution in [-0.2, 0) is 21.7 Å². The van der Waals surface area contributed by atoms with Gasteiger partial charge in [0.15, 0.2) is 0 Å². The smallest absolute Gasteiger partial charge is 0.252 e. The van der Waals surface area contributed by atoms with Crippen molar-refractivity contribution in [2.45, 2.75) is 105 Å². The lowest BCUT2D eigenvalue weighted by Crippen LogP contribution is -2.65. The fourth-order valence-corrected chi connectivity index (χ4v) is 20.1. The summed E-state index contributed by atoms with van der Waals surface area (Å²) in [6.07, 6.45) is 0. The van der Waals surface area contributed by atoms with Crippen LogP contribution in [0.1, 0.15) is 105 Å². The lowest BCUT2D eigenvalue weighted by atomic mass is 9.30. The number of rotatable bonds is 14. The van der Waals surface area contributed by atoms with Gasteiger partial charge >= 0.3 is 0 Å². The average molecular weight is 1630 g/mol. The van der Waals surface area contributed by atoms with Crippen molar-refractivity contribution in [1.29, 1.82) is 0 Å². The molecule has 4 aliphatic heterocycles. The van der Waals surface area contributed by atoms with Crippen molar-refractivity contribution in [1.82, 2.24) is 0 Å². The molecule has 6 nitrogen and oxygen atoms in total. The predicted octanol–water partition coefficient (Wildman–Crippen LogP) is 28.6. The molecule has 4 aliphatic rings. The molecule has 0 atom stereocenters. The Labute approximate surface area is 744 Å². The molecule has 0 saturated carbocycles. The van der Waals surface area contributed by atoms with Crippen LogP contribution < -0.4 is 62.2 Å². The van der Waals surface area contributed by atoms with E-state index in [-0.39, 0.29) is 35.1 Å². The molecular formula is C118H102B2N6. The molecule has 21 rings (SSSR count).